The van der Waals surface area contributed by atoms with E-state index in [2.05, 4.69) is 10.3 Å². The first kappa shape index (κ1) is 24.6. The summed E-state index contributed by atoms with van der Waals surface area (Å²) in [6.45, 7) is 9.77. The maximum Gasteiger partial charge on any atom is 0.416 e. The van der Waals surface area contributed by atoms with Gasteiger partial charge in [-0.05, 0) is 52.3 Å². The zero-order valence-electron chi connectivity index (χ0n) is 19.4. The first-order valence-electron chi connectivity index (χ1n) is 10.8. The van der Waals surface area contributed by atoms with Gasteiger partial charge in [0.15, 0.2) is 0 Å². The van der Waals surface area contributed by atoms with Gasteiger partial charge in [-0.2, -0.15) is 13.2 Å². The van der Waals surface area contributed by atoms with E-state index in [1.165, 1.54) is 21.6 Å². The fourth-order valence-corrected chi connectivity index (χ4v) is 3.64. The molecule has 1 aromatic carbocycles. The van der Waals surface area contributed by atoms with Gasteiger partial charge in [-0.1, -0.05) is 12.1 Å². The van der Waals surface area contributed by atoms with Crippen molar-refractivity contribution in [2.45, 2.75) is 71.9 Å². The molecule has 7 nitrogen and oxygen atoms in total. The van der Waals surface area contributed by atoms with E-state index < -0.39 is 23.4 Å². The number of amides is 1. The fourth-order valence-electron chi connectivity index (χ4n) is 3.64. The van der Waals surface area contributed by atoms with Crippen molar-refractivity contribution < 1.29 is 22.7 Å². The van der Waals surface area contributed by atoms with Crippen molar-refractivity contribution in [3.05, 3.63) is 57.0 Å². The Kier molecular flexibility index (Phi) is 6.76. The summed E-state index contributed by atoms with van der Waals surface area (Å²) in [5, 5.41) is 3.16. The predicted molar refractivity (Wildman–Crippen MR) is 118 cm³/mol. The van der Waals surface area contributed by atoms with Gasteiger partial charge < -0.3 is 15.0 Å². The molecule has 1 amide bonds. The predicted octanol–water partition coefficient (Wildman–Crippen LogP) is 4.75. The number of ether oxygens (including phenoxy) is 1. The van der Waals surface area contributed by atoms with Crippen molar-refractivity contribution >= 4 is 12.0 Å². The highest BCUT2D eigenvalue weighted by atomic mass is 19.4. The van der Waals surface area contributed by atoms with E-state index in [0.29, 0.717) is 42.3 Å². The highest BCUT2D eigenvalue weighted by Gasteiger charge is 2.31. The molecule has 33 heavy (non-hydrogen) atoms. The van der Waals surface area contributed by atoms with Crippen LogP contribution in [0.3, 0.4) is 0 Å². The van der Waals surface area contributed by atoms with Crippen molar-refractivity contribution in [3.63, 3.8) is 0 Å². The number of fused-ring (bicyclic) bond motifs is 1. The monoisotopic (exact) mass is 466 g/mol. The quantitative estimate of drug-likeness (QED) is 0.704. The molecule has 0 saturated carbocycles. The summed E-state index contributed by atoms with van der Waals surface area (Å²) in [7, 11) is 0. The molecule has 0 saturated heterocycles. The number of aromatic nitrogens is 2. The molecule has 1 aliphatic heterocycles. The van der Waals surface area contributed by atoms with Gasteiger partial charge >= 0.3 is 12.3 Å². The Morgan fingerprint density at radius 2 is 1.85 bits per heavy atom. The number of carbonyl (C=O) groups is 1. The zero-order chi connectivity index (χ0) is 24.6. The van der Waals surface area contributed by atoms with Crippen LogP contribution in [0.4, 0.5) is 23.9 Å². The van der Waals surface area contributed by atoms with E-state index in [1.807, 2.05) is 0 Å². The van der Waals surface area contributed by atoms with Gasteiger partial charge in [0.2, 0.25) is 5.95 Å². The molecule has 0 bridgehead atoms. The largest absolute Gasteiger partial charge is 0.444 e. The first-order valence-corrected chi connectivity index (χ1v) is 10.8. The Bertz CT molecular complexity index is 1070. The summed E-state index contributed by atoms with van der Waals surface area (Å²) in [5.74, 6) is 0.347. The van der Waals surface area contributed by atoms with Gasteiger partial charge in [0.05, 0.1) is 29.4 Å². The molecule has 1 N–H and O–H groups in total. The van der Waals surface area contributed by atoms with Crippen LogP contribution in [0.5, 0.6) is 0 Å². The molecular weight excluding hydrogens is 437 g/mol. The summed E-state index contributed by atoms with van der Waals surface area (Å²) in [6.07, 6.45) is -4.48. The number of anilines is 1. The molecule has 2 aromatic rings. The summed E-state index contributed by atoms with van der Waals surface area (Å²) < 4.78 is 45.4. The lowest BCUT2D eigenvalue weighted by atomic mass is 10.1. The molecule has 1 aromatic heterocycles. The number of nitrogens with one attached hydrogen (secondary N) is 1. The van der Waals surface area contributed by atoms with Crippen LogP contribution in [-0.4, -0.2) is 32.7 Å². The van der Waals surface area contributed by atoms with E-state index in [0.717, 1.165) is 12.1 Å². The van der Waals surface area contributed by atoms with E-state index in [1.54, 1.807) is 34.6 Å². The van der Waals surface area contributed by atoms with Crippen molar-refractivity contribution in [2.75, 3.05) is 11.9 Å². The SMILES string of the molecule is CCn1c(N[C@@H](C)c2ccc(C(F)(F)F)cc2)nc2c(c1=O)CN(C(=O)OC(C)(C)C)CC2. The lowest BCUT2D eigenvalue weighted by Crippen LogP contribution is -2.43. The van der Waals surface area contributed by atoms with Crippen LogP contribution in [0, 0.1) is 0 Å². The standard InChI is InChI=1S/C23H29F3N4O3/c1-6-30-19(31)17-13-29(21(32)33-22(3,4)5)12-11-18(17)28-20(30)27-14(2)15-7-9-16(10-8-15)23(24,25)26/h7-10,14H,6,11-13H2,1-5H3,(H,27,28)/t14-/m0/s1. The molecule has 0 spiro atoms. The second-order valence-corrected chi connectivity index (χ2v) is 9.05. The summed E-state index contributed by atoms with van der Waals surface area (Å²) >= 11 is 0. The van der Waals surface area contributed by atoms with Crippen molar-refractivity contribution in [1.29, 1.82) is 0 Å². The van der Waals surface area contributed by atoms with Gasteiger partial charge in [-0.25, -0.2) is 9.78 Å². The van der Waals surface area contributed by atoms with Gasteiger partial charge in [-0.3, -0.25) is 9.36 Å². The van der Waals surface area contributed by atoms with E-state index >= 15 is 0 Å². The van der Waals surface area contributed by atoms with E-state index in [-0.39, 0.29) is 18.1 Å². The molecule has 1 atom stereocenters. The Morgan fingerprint density at radius 3 is 2.39 bits per heavy atom. The number of alkyl halides is 3. The van der Waals surface area contributed by atoms with Crippen molar-refractivity contribution in [2.24, 2.45) is 0 Å². The minimum atomic E-state index is -4.40. The topological polar surface area (TPSA) is 76.5 Å². The number of rotatable bonds is 4. The second-order valence-electron chi connectivity index (χ2n) is 9.05. The second kappa shape index (κ2) is 9.07. The molecule has 180 valence electrons. The van der Waals surface area contributed by atoms with Crippen LogP contribution in [0.25, 0.3) is 0 Å². The third-order valence-corrected chi connectivity index (χ3v) is 5.37. The minimum Gasteiger partial charge on any atom is -0.444 e. The molecule has 3 rings (SSSR count). The van der Waals surface area contributed by atoms with Crippen LogP contribution in [0.1, 0.15) is 63.0 Å². The summed E-state index contributed by atoms with van der Waals surface area (Å²) in [4.78, 5) is 31.7. The maximum absolute atomic E-state index is 13.2. The van der Waals surface area contributed by atoms with Crippen LogP contribution in [-0.2, 0) is 30.4 Å². The van der Waals surface area contributed by atoms with Gasteiger partial charge in [0.25, 0.3) is 5.56 Å². The Morgan fingerprint density at radius 1 is 1.21 bits per heavy atom. The maximum atomic E-state index is 13.2. The van der Waals surface area contributed by atoms with Crippen LogP contribution in [0.2, 0.25) is 0 Å². The van der Waals surface area contributed by atoms with Crippen molar-refractivity contribution in [3.8, 4) is 0 Å². The summed E-state index contributed by atoms with van der Waals surface area (Å²) in [5.41, 5.74) is 0.0758. The molecule has 1 aliphatic rings. The van der Waals surface area contributed by atoms with Crippen LogP contribution in [0.15, 0.2) is 29.1 Å². The Hall–Kier alpha value is -3.04. The molecular formula is C23H29F3N4O3. The zero-order valence-corrected chi connectivity index (χ0v) is 19.4. The number of halogens is 3. The molecule has 0 aliphatic carbocycles. The smallest absolute Gasteiger partial charge is 0.416 e. The third-order valence-electron chi connectivity index (χ3n) is 5.37. The normalized spacial score (nSPS) is 15.1. The average molecular weight is 467 g/mol. The fraction of sp³-hybridized carbons (Fsp3) is 0.522. The Labute approximate surface area is 190 Å². The van der Waals surface area contributed by atoms with Gasteiger partial charge in [-0.15, -0.1) is 0 Å². The number of hydrogen-bond acceptors (Lipinski definition) is 5. The highest BCUT2D eigenvalue weighted by molar-refractivity contribution is 5.68. The van der Waals surface area contributed by atoms with E-state index in [4.69, 9.17) is 4.74 Å². The third kappa shape index (κ3) is 5.66. The lowest BCUT2D eigenvalue weighted by molar-refractivity contribution is -0.137. The molecule has 2 heterocycles. The number of hydrogen-bond donors (Lipinski definition) is 1. The number of benzene rings is 1. The molecule has 0 fully saturated rings. The first-order chi connectivity index (χ1) is 15.3. The van der Waals surface area contributed by atoms with E-state index in [9.17, 15) is 22.8 Å². The van der Waals surface area contributed by atoms with Crippen molar-refractivity contribution in [1.82, 2.24) is 14.5 Å². The number of carbonyl (C=O) groups excluding carboxylic acids is 1. The van der Waals surface area contributed by atoms with Gasteiger partial charge in [0.1, 0.15) is 5.60 Å². The van der Waals surface area contributed by atoms with Crippen LogP contribution < -0.4 is 10.9 Å². The van der Waals surface area contributed by atoms with Crippen LogP contribution >= 0.6 is 0 Å². The number of nitrogens with zero attached hydrogens (tertiary/aromatic N) is 3. The average Bonchev–Trinajstić information content (AvgIpc) is 2.72. The Balaban J connectivity index is 1.83. The minimum absolute atomic E-state index is 0.116. The molecule has 0 unspecified atom stereocenters. The molecule has 10 heteroatoms. The van der Waals surface area contributed by atoms with Gasteiger partial charge in [0, 0.05) is 19.5 Å². The lowest BCUT2D eigenvalue weighted by Gasteiger charge is -2.31. The summed E-state index contributed by atoms with van der Waals surface area (Å²) in [6, 6.07) is 4.51. The molecule has 0 radical (unpaired) electrons. The highest BCUT2D eigenvalue weighted by Crippen LogP contribution is 2.30.